The van der Waals surface area contributed by atoms with Gasteiger partial charge in [-0.15, -0.1) is 0 Å². The van der Waals surface area contributed by atoms with Gasteiger partial charge in [0.2, 0.25) is 0 Å². The monoisotopic (exact) mass is 267 g/mol. The molecule has 0 spiro atoms. The van der Waals surface area contributed by atoms with Crippen LogP contribution in [0.25, 0.3) is 0 Å². The highest BCUT2D eigenvalue weighted by Gasteiger charge is 2.41. The Morgan fingerprint density at radius 1 is 1.44 bits per heavy atom. The van der Waals surface area contributed by atoms with E-state index in [1.165, 1.54) is 24.8 Å². The molecule has 0 aliphatic heterocycles. The molecule has 0 bridgehead atoms. The molecule has 1 aromatic rings. The Morgan fingerprint density at radius 3 is 2.83 bits per heavy atom. The summed E-state index contributed by atoms with van der Waals surface area (Å²) in [4.78, 5) is 0. The molecule has 0 saturated heterocycles. The van der Waals surface area contributed by atoms with Gasteiger partial charge in [-0.3, -0.25) is 0 Å². The first kappa shape index (κ1) is 13.9. The molecule has 18 heavy (non-hydrogen) atoms. The molecule has 1 saturated carbocycles. The van der Waals surface area contributed by atoms with Crippen molar-refractivity contribution < 1.29 is 4.74 Å². The van der Waals surface area contributed by atoms with Crippen molar-refractivity contribution in [3.8, 4) is 0 Å². The quantitative estimate of drug-likeness (QED) is 0.811. The van der Waals surface area contributed by atoms with Gasteiger partial charge in [0.05, 0.1) is 0 Å². The van der Waals surface area contributed by atoms with Crippen LogP contribution in [0.5, 0.6) is 0 Å². The number of methoxy groups -OCH3 is 1. The van der Waals surface area contributed by atoms with Crippen LogP contribution in [0.15, 0.2) is 24.3 Å². The van der Waals surface area contributed by atoms with Crippen molar-refractivity contribution in [1.82, 2.24) is 5.32 Å². The summed E-state index contributed by atoms with van der Waals surface area (Å²) in [5.74, 6) is 0. The second kappa shape index (κ2) is 6.05. The number of rotatable bonds is 7. The van der Waals surface area contributed by atoms with Gasteiger partial charge in [-0.2, -0.15) is 0 Å². The molecule has 2 rings (SSSR count). The first-order valence-electron chi connectivity index (χ1n) is 6.63. The van der Waals surface area contributed by atoms with Gasteiger partial charge in [-0.05, 0) is 49.3 Å². The van der Waals surface area contributed by atoms with Crippen molar-refractivity contribution in [2.24, 2.45) is 5.41 Å². The van der Waals surface area contributed by atoms with Gasteiger partial charge in [0.1, 0.15) is 0 Å². The van der Waals surface area contributed by atoms with E-state index in [4.69, 9.17) is 16.3 Å². The third-order valence-corrected chi connectivity index (χ3v) is 4.16. The Hall–Kier alpha value is -0.570. The van der Waals surface area contributed by atoms with Crippen molar-refractivity contribution in [3.63, 3.8) is 0 Å². The second-order valence-corrected chi connectivity index (χ2v) is 5.84. The van der Waals surface area contributed by atoms with Gasteiger partial charge in [-0.1, -0.05) is 23.7 Å². The van der Waals surface area contributed by atoms with Crippen molar-refractivity contribution in [1.29, 1.82) is 0 Å². The fourth-order valence-corrected chi connectivity index (χ4v) is 2.47. The van der Waals surface area contributed by atoms with Crippen LogP contribution in [0.2, 0.25) is 5.02 Å². The molecular formula is C15H22ClNO. The van der Waals surface area contributed by atoms with Crippen molar-refractivity contribution in [2.75, 3.05) is 20.3 Å². The molecule has 0 amide bonds. The van der Waals surface area contributed by atoms with E-state index in [1.54, 1.807) is 7.11 Å². The van der Waals surface area contributed by atoms with Crippen LogP contribution in [0.3, 0.4) is 0 Å². The van der Waals surface area contributed by atoms with Crippen LogP contribution in [0, 0.1) is 5.41 Å². The minimum Gasteiger partial charge on any atom is -0.385 e. The SMILES string of the molecule is COCCC1(CNC(C)c2cccc(Cl)c2)CC1. The van der Waals surface area contributed by atoms with E-state index in [9.17, 15) is 0 Å². The molecule has 0 heterocycles. The Morgan fingerprint density at radius 2 is 2.22 bits per heavy atom. The van der Waals surface area contributed by atoms with E-state index >= 15 is 0 Å². The highest BCUT2D eigenvalue weighted by molar-refractivity contribution is 6.30. The molecule has 1 unspecified atom stereocenters. The zero-order valence-corrected chi connectivity index (χ0v) is 12.0. The number of nitrogens with one attached hydrogen (secondary N) is 1. The maximum atomic E-state index is 6.02. The normalized spacial score (nSPS) is 18.6. The summed E-state index contributed by atoms with van der Waals surface area (Å²) in [6.45, 7) is 4.13. The van der Waals surface area contributed by atoms with Crippen LogP contribution < -0.4 is 5.32 Å². The van der Waals surface area contributed by atoms with Gasteiger partial charge in [0.15, 0.2) is 0 Å². The smallest absolute Gasteiger partial charge is 0.0468 e. The summed E-state index contributed by atoms with van der Waals surface area (Å²) < 4.78 is 5.18. The molecule has 0 radical (unpaired) electrons. The number of hydrogen-bond donors (Lipinski definition) is 1. The maximum absolute atomic E-state index is 6.02. The van der Waals surface area contributed by atoms with Gasteiger partial charge in [0, 0.05) is 31.3 Å². The Kier molecular flexibility index (Phi) is 4.66. The number of halogens is 1. The number of benzene rings is 1. The average Bonchev–Trinajstić information content (AvgIpc) is 3.14. The van der Waals surface area contributed by atoms with Gasteiger partial charge in [0.25, 0.3) is 0 Å². The van der Waals surface area contributed by atoms with Crippen molar-refractivity contribution in [3.05, 3.63) is 34.9 Å². The lowest BCUT2D eigenvalue weighted by Crippen LogP contribution is -2.27. The fraction of sp³-hybridized carbons (Fsp3) is 0.600. The van der Waals surface area contributed by atoms with E-state index in [1.807, 2.05) is 18.2 Å². The summed E-state index contributed by atoms with van der Waals surface area (Å²) in [5, 5.41) is 4.43. The van der Waals surface area contributed by atoms with Gasteiger partial charge < -0.3 is 10.1 Å². The van der Waals surface area contributed by atoms with Crippen molar-refractivity contribution >= 4 is 11.6 Å². The van der Waals surface area contributed by atoms with Gasteiger partial charge >= 0.3 is 0 Å². The molecule has 3 heteroatoms. The topological polar surface area (TPSA) is 21.3 Å². The summed E-state index contributed by atoms with van der Waals surface area (Å²) in [5.41, 5.74) is 1.74. The third-order valence-electron chi connectivity index (χ3n) is 3.93. The van der Waals surface area contributed by atoms with E-state index in [2.05, 4.69) is 18.3 Å². The molecule has 2 nitrogen and oxygen atoms in total. The van der Waals surface area contributed by atoms with Crippen LogP contribution in [0.4, 0.5) is 0 Å². The van der Waals surface area contributed by atoms with Crippen LogP contribution in [0.1, 0.15) is 37.8 Å². The predicted octanol–water partition coefficient (Wildman–Crippen LogP) is 3.81. The Balaban J connectivity index is 1.83. The molecule has 0 aromatic heterocycles. The van der Waals surface area contributed by atoms with Crippen molar-refractivity contribution in [2.45, 2.75) is 32.2 Å². The zero-order chi connectivity index (χ0) is 13.0. The molecule has 1 fully saturated rings. The highest BCUT2D eigenvalue weighted by atomic mass is 35.5. The summed E-state index contributed by atoms with van der Waals surface area (Å²) in [7, 11) is 1.78. The standard InChI is InChI=1S/C15H22ClNO/c1-12(13-4-3-5-14(16)10-13)17-11-15(6-7-15)8-9-18-2/h3-5,10,12,17H,6-9,11H2,1-2H3. The fourth-order valence-electron chi connectivity index (χ4n) is 2.27. The molecular weight excluding hydrogens is 246 g/mol. The Bertz CT molecular complexity index is 390. The first-order chi connectivity index (χ1) is 8.65. The molecule has 1 aromatic carbocycles. The molecule has 1 atom stereocenters. The lowest BCUT2D eigenvalue weighted by atomic mass is 10.0. The third kappa shape index (κ3) is 3.71. The molecule has 1 aliphatic rings. The lowest BCUT2D eigenvalue weighted by Gasteiger charge is -2.20. The van der Waals surface area contributed by atoms with Gasteiger partial charge in [-0.25, -0.2) is 0 Å². The minimum absolute atomic E-state index is 0.351. The zero-order valence-electron chi connectivity index (χ0n) is 11.2. The number of ether oxygens (including phenoxy) is 1. The highest BCUT2D eigenvalue weighted by Crippen LogP contribution is 2.48. The lowest BCUT2D eigenvalue weighted by molar-refractivity contribution is 0.170. The number of hydrogen-bond acceptors (Lipinski definition) is 2. The molecule has 1 aliphatic carbocycles. The minimum atomic E-state index is 0.351. The largest absolute Gasteiger partial charge is 0.385 e. The van der Waals surface area contributed by atoms with Crippen LogP contribution in [-0.4, -0.2) is 20.3 Å². The van der Waals surface area contributed by atoms with E-state index in [0.717, 1.165) is 18.2 Å². The maximum Gasteiger partial charge on any atom is 0.0468 e. The van der Waals surface area contributed by atoms with E-state index in [-0.39, 0.29) is 0 Å². The summed E-state index contributed by atoms with van der Waals surface area (Å²) in [6, 6.07) is 8.43. The molecule has 1 N–H and O–H groups in total. The first-order valence-corrected chi connectivity index (χ1v) is 7.01. The summed E-state index contributed by atoms with van der Waals surface area (Å²) >= 11 is 6.02. The average molecular weight is 268 g/mol. The van der Waals surface area contributed by atoms with Crippen LogP contribution >= 0.6 is 11.6 Å². The predicted molar refractivity (Wildman–Crippen MR) is 76.0 cm³/mol. The second-order valence-electron chi connectivity index (χ2n) is 5.40. The van der Waals surface area contributed by atoms with E-state index < -0.39 is 0 Å². The van der Waals surface area contributed by atoms with Crippen LogP contribution in [-0.2, 0) is 4.74 Å². The Labute approximate surface area is 115 Å². The van der Waals surface area contributed by atoms with E-state index in [0.29, 0.717) is 11.5 Å². The summed E-state index contributed by atoms with van der Waals surface area (Å²) in [6.07, 6.45) is 3.82. The molecule has 100 valence electrons.